The molecule has 38 heavy (non-hydrogen) atoms. The predicted molar refractivity (Wildman–Crippen MR) is 132 cm³/mol. The maximum Gasteiger partial charge on any atom is 0.386 e. The van der Waals surface area contributed by atoms with Crippen LogP contribution >= 0.6 is 25.8 Å². The Balaban J connectivity index is 1.31. The molecule has 3 aromatic rings. The summed E-state index contributed by atoms with van der Waals surface area (Å²) in [4.78, 5) is 23.2. The number of alkyl halides is 2. The highest BCUT2D eigenvalue weighted by Crippen LogP contribution is 2.58. The SMILES string of the molecule is C#C[C@@H]1O[C@@H]2COP(=O)(S)O[C@H]3[C@@H](F)[C@H](n4cnc5nc6nccn6c5c4)O[C@@H]3COP(O)(=S)O[C@@H]1[C@@H]2F. The van der Waals surface area contributed by atoms with E-state index in [0.717, 1.165) is 0 Å². The number of ether oxygens (including phenoxy) is 2. The van der Waals surface area contributed by atoms with Crippen molar-refractivity contribution in [1.82, 2.24) is 23.9 Å². The number of nitrogens with zero attached hydrogens (tertiary/aromatic N) is 5. The second-order valence-corrected chi connectivity index (χ2v) is 14.3. The number of hydrogen-bond donors (Lipinski definition) is 2. The van der Waals surface area contributed by atoms with Gasteiger partial charge in [0.05, 0.1) is 19.5 Å². The summed E-state index contributed by atoms with van der Waals surface area (Å²) in [6.45, 7) is -9.62. The van der Waals surface area contributed by atoms with Gasteiger partial charge in [0.2, 0.25) is 5.78 Å². The van der Waals surface area contributed by atoms with Gasteiger partial charge in [-0.3, -0.25) is 18.0 Å². The molecule has 6 rings (SSSR count). The Bertz CT molecular complexity index is 1520. The van der Waals surface area contributed by atoms with Crippen LogP contribution in [0.1, 0.15) is 6.23 Å². The fraction of sp³-hybridized carbons (Fsp3) is 0.526. The molecule has 3 fully saturated rings. The van der Waals surface area contributed by atoms with Crippen LogP contribution in [0, 0.1) is 12.3 Å². The van der Waals surface area contributed by atoms with Crippen LogP contribution < -0.4 is 0 Å². The standard InChI is InChI=1S/C19H19F2N5O8P2S2/c1-2-10-15-13(20)11(31-10)6-29-35(27,37)34-16-12(7-30-36(28,38)33-15)32-18(14(16)21)25-5-9-17(23-8-25)24-19-22-3-4-26(9)19/h1,3-5,8,10-16,18H,6-7H2,(H,27,37)(H,28,38)/t10-,11+,12+,13+,14+,15-,16+,18+,35?,36?/m0/s1. The van der Waals surface area contributed by atoms with Crippen LogP contribution in [0.25, 0.3) is 16.9 Å². The summed E-state index contributed by atoms with van der Waals surface area (Å²) in [5.74, 6) is 2.61. The highest BCUT2D eigenvalue weighted by Gasteiger charge is 2.53. The van der Waals surface area contributed by atoms with Crippen LogP contribution in [0.3, 0.4) is 0 Å². The van der Waals surface area contributed by atoms with E-state index < -0.39 is 75.8 Å². The van der Waals surface area contributed by atoms with Crippen molar-refractivity contribution in [2.75, 3.05) is 13.2 Å². The van der Waals surface area contributed by atoms with Gasteiger partial charge in [0.1, 0.15) is 36.0 Å². The average molecular weight is 609 g/mol. The third kappa shape index (κ3) is 4.82. The fourth-order valence-corrected chi connectivity index (χ4v) is 7.37. The van der Waals surface area contributed by atoms with Crippen LogP contribution in [0.5, 0.6) is 0 Å². The number of halogens is 2. The minimum Gasteiger partial charge on any atom is -0.354 e. The van der Waals surface area contributed by atoms with Gasteiger partial charge < -0.3 is 23.5 Å². The Labute approximate surface area is 223 Å². The number of aromatic nitrogens is 5. The van der Waals surface area contributed by atoms with Crippen molar-refractivity contribution in [3.05, 3.63) is 24.9 Å². The topological polar surface area (TPSA) is 141 Å². The Hall–Kier alpha value is -1.54. The molecule has 2 unspecified atom stereocenters. The summed E-state index contributed by atoms with van der Waals surface area (Å²) < 4.78 is 79.3. The van der Waals surface area contributed by atoms with Gasteiger partial charge in [-0.05, 0) is 11.8 Å². The Morgan fingerprint density at radius 3 is 2.74 bits per heavy atom. The lowest BCUT2D eigenvalue weighted by atomic mass is 10.1. The van der Waals surface area contributed by atoms with Gasteiger partial charge in [-0.25, -0.2) is 23.3 Å². The van der Waals surface area contributed by atoms with E-state index in [2.05, 4.69) is 33.1 Å². The zero-order chi connectivity index (χ0) is 26.8. The predicted octanol–water partition coefficient (Wildman–Crippen LogP) is 2.13. The Kier molecular flexibility index (Phi) is 6.90. The molecule has 0 saturated carbocycles. The molecule has 3 aliphatic rings. The summed E-state index contributed by atoms with van der Waals surface area (Å²) in [5, 5.41) is 0. The van der Waals surface area contributed by atoms with Crippen LogP contribution in [0.15, 0.2) is 24.9 Å². The van der Waals surface area contributed by atoms with Gasteiger partial charge in [0.25, 0.3) is 0 Å². The largest absolute Gasteiger partial charge is 0.386 e. The maximum absolute atomic E-state index is 15.8. The van der Waals surface area contributed by atoms with Gasteiger partial charge in [-0.15, -0.1) is 6.42 Å². The normalized spacial score (nSPS) is 42.3. The minimum absolute atomic E-state index is 0.375. The number of rotatable bonds is 1. The van der Waals surface area contributed by atoms with Gasteiger partial charge in [-0.2, -0.15) is 4.98 Å². The molecule has 0 radical (unpaired) electrons. The van der Waals surface area contributed by atoms with E-state index in [1.54, 1.807) is 23.0 Å². The molecule has 2 bridgehead atoms. The summed E-state index contributed by atoms with van der Waals surface area (Å²) >= 11 is 8.94. The first kappa shape index (κ1) is 26.7. The fourth-order valence-electron chi connectivity index (χ4n) is 4.47. The zero-order valence-corrected chi connectivity index (χ0v) is 22.5. The van der Waals surface area contributed by atoms with E-state index >= 15 is 4.39 Å². The lowest BCUT2D eigenvalue weighted by Gasteiger charge is -2.25. The van der Waals surface area contributed by atoms with Crippen LogP contribution in [0.4, 0.5) is 8.78 Å². The average Bonchev–Trinajstić information content (AvgIpc) is 3.60. The van der Waals surface area contributed by atoms with Crippen molar-refractivity contribution >= 4 is 54.5 Å². The molecule has 3 aliphatic heterocycles. The van der Waals surface area contributed by atoms with Crippen molar-refractivity contribution in [2.24, 2.45) is 0 Å². The molecule has 3 aromatic heterocycles. The van der Waals surface area contributed by atoms with E-state index in [0.29, 0.717) is 16.9 Å². The monoisotopic (exact) mass is 609 g/mol. The zero-order valence-electron chi connectivity index (χ0n) is 19.0. The Morgan fingerprint density at radius 1 is 1.16 bits per heavy atom. The molecule has 204 valence electrons. The van der Waals surface area contributed by atoms with Crippen LogP contribution in [-0.2, 0) is 43.9 Å². The highest BCUT2D eigenvalue weighted by atomic mass is 32.7. The summed E-state index contributed by atoms with van der Waals surface area (Å²) in [6.07, 6.45) is -0.652. The van der Waals surface area contributed by atoms with E-state index in [-0.39, 0.29) is 0 Å². The Morgan fingerprint density at radius 2 is 1.95 bits per heavy atom. The molecule has 0 amide bonds. The van der Waals surface area contributed by atoms with E-state index in [9.17, 15) is 13.8 Å². The first-order valence-electron chi connectivity index (χ1n) is 11.1. The first-order valence-corrected chi connectivity index (χ1v) is 16.4. The number of imidazole rings is 2. The molecule has 0 aromatic carbocycles. The molecular formula is C19H19F2N5O8P2S2. The van der Waals surface area contributed by atoms with Crippen molar-refractivity contribution in [3.63, 3.8) is 0 Å². The third-order valence-electron chi connectivity index (χ3n) is 6.23. The second-order valence-electron chi connectivity index (χ2n) is 8.62. The third-order valence-corrected chi connectivity index (χ3v) is 9.40. The van der Waals surface area contributed by atoms with Gasteiger partial charge >= 0.3 is 13.5 Å². The number of fused-ring (bicyclic) bond motifs is 6. The van der Waals surface area contributed by atoms with E-state index in [4.69, 9.17) is 45.8 Å². The molecule has 0 aliphatic carbocycles. The molecular weight excluding hydrogens is 590 g/mol. The molecule has 0 spiro atoms. The molecule has 13 nitrogen and oxygen atoms in total. The van der Waals surface area contributed by atoms with Crippen molar-refractivity contribution in [1.29, 1.82) is 0 Å². The van der Waals surface area contributed by atoms with Crippen molar-refractivity contribution < 1.29 is 45.8 Å². The van der Waals surface area contributed by atoms with Crippen molar-refractivity contribution in [3.8, 4) is 12.3 Å². The van der Waals surface area contributed by atoms with Crippen LogP contribution in [0.2, 0.25) is 0 Å². The lowest BCUT2D eigenvalue weighted by Crippen LogP contribution is -2.34. The van der Waals surface area contributed by atoms with E-state index in [1.165, 1.54) is 10.9 Å². The minimum atomic E-state index is -4.30. The lowest BCUT2D eigenvalue weighted by molar-refractivity contribution is -0.0466. The molecule has 6 heterocycles. The summed E-state index contributed by atoms with van der Waals surface area (Å²) in [6, 6.07) is 0. The number of hydrogen-bond acceptors (Lipinski definition) is 11. The van der Waals surface area contributed by atoms with Crippen LogP contribution in [-0.4, -0.2) is 84.9 Å². The van der Waals surface area contributed by atoms with Gasteiger partial charge in [0.15, 0.2) is 24.2 Å². The molecule has 10 atom stereocenters. The van der Waals surface area contributed by atoms with Gasteiger partial charge in [-0.1, -0.05) is 18.2 Å². The van der Waals surface area contributed by atoms with Crippen molar-refractivity contribution in [2.45, 2.75) is 49.1 Å². The van der Waals surface area contributed by atoms with E-state index in [1.807, 2.05) is 0 Å². The molecule has 3 saturated heterocycles. The highest BCUT2D eigenvalue weighted by molar-refractivity contribution is 8.44. The number of thiol groups is 1. The second kappa shape index (κ2) is 9.83. The number of terminal acetylenes is 1. The maximum atomic E-state index is 15.8. The smallest absolute Gasteiger partial charge is 0.354 e. The van der Waals surface area contributed by atoms with Gasteiger partial charge in [0, 0.05) is 18.6 Å². The molecule has 19 heteroatoms. The summed E-state index contributed by atoms with van der Waals surface area (Å²) in [5.41, 5.74) is 0.899. The first-order chi connectivity index (χ1) is 18.0. The quantitative estimate of drug-likeness (QED) is 0.237. The summed E-state index contributed by atoms with van der Waals surface area (Å²) in [7, 11) is 0. The molecule has 1 N–H and O–H groups in total.